The number of amides is 2. The van der Waals surface area contributed by atoms with Crippen LogP contribution in [0.2, 0.25) is 0 Å². The lowest BCUT2D eigenvalue weighted by Gasteiger charge is -2.42. The van der Waals surface area contributed by atoms with Crippen LogP contribution in [-0.4, -0.2) is 49.0 Å². The lowest BCUT2D eigenvalue weighted by Crippen LogP contribution is -2.47. The van der Waals surface area contributed by atoms with Crippen LogP contribution in [0.25, 0.3) is 0 Å². The highest BCUT2D eigenvalue weighted by Crippen LogP contribution is 2.68. The van der Waals surface area contributed by atoms with Crippen molar-refractivity contribution >= 4 is 40.9 Å². The third-order valence-electron chi connectivity index (χ3n) is 8.09. The molecule has 0 spiro atoms. The van der Waals surface area contributed by atoms with Gasteiger partial charge in [-0.3, -0.25) is 24.3 Å². The number of aromatic nitrogens is 2. The number of carbonyl (C=O) groups excluding carboxylic acids is 2. The van der Waals surface area contributed by atoms with Crippen molar-refractivity contribution in [3.05, 3.63) is 44.6 Å². The van der Waals surface area contributed by atoms with E-state index in [0.717, 1.165) is 26.8 Å². The number of nitrogens with one attached hydrogen (secondary N) is 1. The molecule has 8 atom stereocenters. The SMILES string of the molecule is CC(C)C[C@@H](C(=O)O)N1C(=O)[C@H]2[C@@H]3C[C@@H]([C@@H]2C1=O)[C@H]1[C@H](c2cccnc2)c2sc(=O)[nH]c2S[C@H]31. The summed E-state index contributed by atoms with van der Waals surface area (Å²) in [5.41, 5.74) is 1.01. The van der Waals surface area contributed by atoms with E-state index in [1.54, 1.807) is 18.0 Å². The average Bonchev–Trinajstić information content (AvgIpc) is 3.51. The number of carboxylic acid groups (broad SMARTS) is 1. The van der Waals surface area contributed by atoms with E-state index in [0.29, 0.717) is 0 Å². The maximum atomic E-state index is 13.7. The van der Waals surface area contributed by atoms with Gasteiger partial charge in [0.2, 0.25) is 11.8 Å². The van der Waals surface area contributed by atoms with Crippen molar-refractivity contribution in [2.24, 2.45) is 35.5 Å². The summed E-state index contributed by atoms with van der Waals surface area (Å²) in [6.45, 7) is 3.79. The Morgan fingerprint density at radius 3 is 2.62 bits per heavy atom. The predicted octanol–water partition coefficient (Wildman–Crippen LogP) is 2.80. The summed E-state index contributed by atoms with van der Waals surface area (Å²) in [7, 11) is 0. The van der Waals surface area contributed by atoms with Crippen molar-refractivity contribution in [2.75, 3.05) is 0 Å². The minimum absolute atomic E-state index is 0.0179. The largest absolute Gasteiger partial charge is 0.480 e. The van der Waals surface area contributed by atoms with Gasteiger partial charge in [0.05, 0.1) is 16.9 Å². The number of thiazole rings is 1. The molecule has 2 N–H and O–H groups in total. The van der Waals surface area contributed by atoms with Gasteiger partial charge in [-0.05, 0) is 48.1 Å². The third kappa shape index (κ3) is 3.00. The van der Waals surface area contributed by atoms with Gasteiger partial charge >= 0.3 is 10.8 Å². The number of H-pyrrole nitrogens is 1. The van der Waals surface area contributed by atoms with Gasteiger partial charge in [-0.15, -0.1) is 11.8 Å². The van der Waals surface area contributed by atoms with Crippen molar-refractivity contribution in [1.82, 2.24) is 14.9 Å². The van der Waals surface area contributed by atoms with Crippen LogP contribution < -0.4 is 4.87 Å². The molecule has 2 aliphatic heterocycles. The van der Waals surface area contributed by atoms with E-state index in [1.165, 1.54) is 11.3 Å². The molecule has 1 saturated heterocycles. The first-order valence-electron chi connectivity index (χ1n) is 11.7. The minimum Gasteiger partial charge on any atom is -0.480 e. The lowest BCUT2D eigenvalue weighted by atomic mass is 9.68. The van der Waals surface area contributed by atoms with E-state index in [4.69, 9.17) is 0 Å². The summed E-state index contributed by atoms with van der Waals surface area (Å²) in [6, 6.07) is 2.78. The first-order valence-corrected chi connectivity index (χ1v) is 13.4. The highest BCUT2D eigenvalue weighted by Gasteiger charge is 2.70. The molecule has 2 aromatic heterocycles. The van der Waals surface area contributed by atoms with Crippen molar-refractivity contribution < 1.29 is 19.5 Å². The van der Waals surface area contributed by atoms with Gasteiger partial charge in [0, 0.05) is 28.4 Å². The first kappa shape index (κ1) is 22.0. The fourth-order valence-electron chi connectivity index (χ4n) is 7.04. The molecule has 2 saturated carbocycles. The van der Waals surface area contributed by atoms with E-state index in [9.17, 15) is 24.3 Å². The third-order valence-corrected chi connectivity index (χ3v) is 10.7. The Balaban J connectivity index is 1.42. The standard InChI is InChI=1S/C24H25N3O5S2/c1-9(2)6-13(23(30)31)27-21(28)16-11-7-12(17(16)22(27)29)18-15(11)14(10-4-3-5-25-8-10)19-20(33-18)26-24(32)34-19/h3-5,8-9,11-18H,6-7H2,1-2H3,(H,26,32)(H,30,31)/t11-,12+,13+,14+,15+,16+,17+,18-/m1/s1. The van der Waals surface area contributed by atoms with Crippen LogP contribution in [0, 0.1) is 35.5 Å². The van der Waals surface area contributed by atoms with Crippen LogP contribution in [0.4, 0.5) is 0 Å². The Labute approximate surface area is 204 Å². The molecular weight excluding hydrogens is 474 g/mol. The number of hydrogen-bond donors (Lipinski definition) is 2. The Kier molecular flexibility index (Phi) is 5.04. The maximum Gasteiger partial charge on any atom is 0.326 e. The van der Waals surface area contributed by atoms with Crippen LogP contribution in [0.5, 0.6) is 0 Å². The fraction of sp³-hybridized carbons (Fsp3) is 0.542. The van der Waals surface area contributed by atoms with Crippen LogP contribution >= 0.6 is 23.1 Å². The second-order valence-electron chi connectivity index (χ2n) is 10.3. The molecule has 2 aliphatic carbocycles. The fourth-order valence-corrected chi connectivity index (χ4v) is 9.93. The summed E-state index contributed by atoms with van der Waals surface area (Å²) >= 11 is 2.84. The number of likely N-dealkylation sites (tertiary alicyclic amines) is 1. The van der Waals surface area contributed by atoms with E-state index >= 15 is 0 Å². The summed E-state index contributed by atoms with van der Waals surface area (Å²) in [6.07, 6.45) is 4.57. The molecule has 2 aromatic rings. The quantitative estimate of drug-likeness (QED) is 0.607. The number of fused-ring (bicyclic) bond motifs is 9. The summed E-state index contributed by atoms with van der Waals surface area (Å²) in [4.78, 5) is 60.8. The number of aliphatic carboxylic acids is 1. The molecule has 0 aromatic carbocycles. The lowest BCUT2D eigenvalue weighted by molar-refractivity contribution is -0.156. The zero-order valence-electron chi connectivity index (χ0n) is 18.7. The van der Waals surface area contributed by atoms with Crippen LogP contribution in [0.3, 0.4) is 0 Å². The first-order chi connectivity index (χ1) is 16.3. The van der Waals surface area contributed by atoms with Gasteiger partial charge in [-0.1, -0.05) is 31.3 Å². The van der Waals surface area contributed by atoms with E-state index in [-0.39, 0.29) is 57.9 Å². The molecule has 0 radical (unpaired) electrons. The van der Waals surface area contributed by atoms with E-state index < -0.39 is 23.8 Å². The van der Waals surface area contributed by atoms with Gasteiger partial charge in [0.25, 0.3) is 0 Å². The number of imide groups is 1. The zero-order valence-corrected chi connectivity index (χ0v) is 20.3. The zero-order chi connectivity index (χ0) is 23.9. The van der Waals surface area contributed by atoms with Gasteiger partial charge < -0.3 is 10.1 Å². The molecule has 34 heavy (non-hydrogen) atoms. The van der Waals surface area contributed by atoms with Gasteiger partial charge in [-0.2, -0.15) is 0 Å². The molecule has 0 unspecified atom stereocenters. The number of pyridine rings is 1. The average molecular weight is 500 g/mol. The Morgan fingerprint density at radius 2 is 1.97 bits per heavy atom. The number of thioether (sulfide) groups is 1. The van der Waals surface area contributed by atoms with Crippen molar-refractivity contribution in [2.45, 2.75) is 48.9 Å². The van der Waals surface area contributed by atoms with Crippen LogP contribution in [0.1, 0.15) is 43.0 Å². The molecule has 2 amide bonds. The minimum atomic E-state index is -1.12. The second kappa shape index (κ2) is 7.78. The number of hydrogen-bond acceptors (Lipinski definition) is 7. The molecule has 4 heterocycles. The molecule has 4 aliphatic rings. The topological polar surface area (TPSA) is 120 Å². The molecule has 10 heteroatoms. The Morgan fingerprint density at radius 1 is 1.24 bits per heavy atom. The molecule has 6 rings (SSSR count). The molecule has 8 nitrogen and oxygen atoms in total. The maximum absolute atomic E-state index is 13.7. The van der Waals surface area contributed by atoms with Crippen molar-refractivity contribution in [3.63, 3.8) is 0 Å². The molecule has 178 valence electrons. The number of rotatable bonds is 5. The smallest absolute Gasteiger partial charge is 0.326 e. The predicted molar refractivity (Wildman–Crippen MR) is 125 cm³/mol. The normalized spacial score (nSPS) is 34.3. The monoisotopic (exact) mass is 499 g/mol. The number of carboxylic acids is 1. The molecular formula is C24H25N3O5S2. The number of carbonyl (C=O) groups is 3. The van der Waals surface area contributed by atoms with Crippen LogP contribution in [-0.2, 0) is 14.4 Å². The van der Waals surface area contributed by atoms with E-state index in [1.807, 2.05) is 32.2 Å². The van der Waals surface area contributed by atoms with Gasteiger partial charge in [0.1, 0.15) is 6.04 Å². The van der Waals surface area contributed by atoms with Gasteiger partial charge in [-0.25, -0.2) is 4.79 Å². The second-order valence-corrected chi connectivity index (χ2v) is 12.5. The summed E-state index contributed by atoms with van der Waals surface area (Å²) < 4.78 is 0. The Bertz CT molecular complexity index is 1240. The molecule has 2 bridgehead atoms. The highest BCUT2D eigenvalue weighted by atomic mass is 32.2. The Hall–Kier alpha value is -2.46. The van der Waals surface area contributed by atoms with Gasteiger partial charge in [0.15, 0.2) is 0 Å². The number of aromatic amines is 1. The van der Waals surface area contributed by atoms with Crippen molar-refractivity contribution in [1.29, 1.82) is 0 Å². The number of nitrogens with zero attached hydrogens (tertiary/aromatic N) is 2. The molecule has 3 fully saturated rings. The van der Waals surface area contributed by atoms with Crippen molar-refractivity contribution in [3.8, 4) is 0 Å². The van der Waals surface area contributed by atoms with Crippen LogP contribution in [0.15, 0.2) is 34.3 Å². The summed E-state index contributed by atoms with van der Waals surface area (Å²) in [5, 5.41) is 10.8. The summed E-state index contributed by atoms with van der Waals surface area (Å²) in [5.74, 6) is -2.71. The highest BCUT2D eigenvalue weighted by molar-refractivity contribution is 8.00. The van der Waals surface area contributed by atoms with E-state index in [2.05, 4.69) is 9.97 Å².